The normalized spacial score (nSPS) is 28.3. The molecule has 1 aromatic rings. The molecule has 0 unspecified atom stereocenters. The maximum absolute atomic E-state index is 13.1. The van der Waals surface area contributed by atoms with Crippen LogP contribution in [0.2, 0.25) is 0 Å². The number of fused-ring (bicyclic) bond motifs is 2. The third-order valence-electron chi connectivity index (χ3n) is 6.28. The van der Waals surface area contributed by atoms with E-state index in [2.05, 4.69) is 34.1 Å². The fraction of sp³-hybridized carbons (Fsp3) is 0.667. The van der Waals surface area contributed by atoms with Gasteiger partial charge in [0.15, 0.2) is 0 Å². The molecule has 0 aliphatic carbocycles. The van der Waals surface area contributed by atoms with Gasteiger partial charge in [0.2, 0.25) is 5.91 Å². The van der Waals surface area contributed by atoms with Gasteiger partial charge in [-0.2, -0.15) is 0 Å². The molecule has 3 fully saturated rings. The van der Waals surface area contributed by atoms with E-state index in [0.717, 1.165) is 51.7 Å². The van der Waals surface area contributed by atoms with Crippen molar-refractivity contribution >= 4 is 5.91 Å². The Balaban J connectivity index is 1.37. The standard InChI is InChI=1S/C21H30N2O2/c24-21-20-14-19(16-23(21)15-18-4-2-1-3-5-18)7-11-22(20)10-6-17-8-12-25-13-9-17/h1-5,17,19-20H,6-16H2/t19-,20+/m0/s1. The summed E-state index contributed by atoms with van der Waals surface area (Å²) in [7, 11) is 0. The fourth-order valence-corrected chi connectivity index (χ4v) is 4.72. The molecule has 4 nitrogen and oxygen atoms in total. The largest absolute Gasteiger partial charge is 0.381 e. The van der Waals surface area contributed by atoms with Crippen molar-refractivity contribution in [1.29, 1.82) is 0 Å². The van der Waals surface area contributed by atoms with Crippen molar-refractivity contribution in [1.82, 2.24) is 9.80 Å². The van der Waals surface area contributed by atoms with Gasteiger partial charge in [-0.05, 0) is 62.6 Å². The van der Waals surface area contributed by atoms with Gasteiger partial charge < -0.3 is 9.64 Å². The minimum absolute atomic E-state index is 0.121. The second-order valence-electron chi connectivity index (χ2n) is 7.99. The van der Waals surface area contributed by atoms with Crippen LogP contribution in [0.3, 0.4) is 0 Å². The molecule has 0 aromatic heterocycles. The molecule has 0 spiro atoms. The Labute approximate surface area is 151 Å². The van der Waals surface area contributed by atoms with Gasteiger partial charge >= 0.3 is 0 Å². The molecular formula is C21H30N2O2. The van der Waals surface area contributed by atoms with Crippen LogP contribution in [0.5, 0.6) is 0 Å². The average Bonchev–Trinajstić information content (AvgIpc) is 2.67. The van der Waals surface area contributed by atoms with E-state index in [-0.39, 0.29) is 6.04 Å². The third-order valence-corrected chi connectivity index (χ3v) is 6.28. The van der Waals surface area contributed by atoms with E-state index in [1.165, 1.54) is 31.2 Å². The molecule has 4 heteroatoms. The van der Waals surface area contributed by atoms with Crippen molar-refractivity contribution in [2.24, 2.45) is 11.8 Å². The molecule has 25 heavy (non-hydrogen) atoms. The summed E-state index contributed by atoms with van der Waals surface area (Å²) < 4.78 is 5.47. The van der Waals surface area contributed by atoms with E-state index >= 15 is 0 Å². The monoisotopic (exact) mass is 342 g/mol. The molecule has 136 valence electrons. The summed E-state index contributed by atoms with van der Waals surface area (Å²) in [6.45, 7) is 5.72. The van der Waals surface area contributed by atoms with E-state index < -0.39 is 0 Å². The zero-order valence-electron chi connectivity index (χ0n) is 15.1. The average molecular weight is 342 g/mol. The lowest BCUT2D eigenvalue weighted by Gasteiger charge is -2.46. The van der Waals surface area contributed by atoms with Crippen molar-refractivity contribution in [3.05, 3.63) is 35.9 Å². The first-order chi connectivity index (χ1) is 12.3. The SMILES string of the molecule is O=C1[C@H]2C[C@H](CCN2CCC2CCOCC2)CN1Cc1ccccc1. The molecule has 4 rings (SSSR count). The first-order valence-corrected chi connectivity index (χ1v) is 9.94. The van der Waals surface area contributed by atoms with Crippen molar-refractivity contribution in [2.45, 2.75) is 44.7 Å². The highest BCUT2D eigenvalue weighted by Gasteiger charge is 2.41. The van der Waals surface area contributed by atoms with Crippen molar-refractivity contribution in [2.75, 3.05) is 32.8 Å². The summed E-state index contributed by atoms with van der Waals surface area (Å²) in [5.74, 6) is 1.82. The summed E-state index contributed by atoms with van der Waals surface area (Å²) in [5, 5.41) is 0. The number of rotatable bonds is 5. The van der Waals surface area contributed by atoms with Gasteiger partial charge in [0.05, 0.1) is 6.04 Å². The van der Waals surface area contributed by atoms with Gasteiger partial charge in [-0.15, -0.1) is 0 Å². The van der Waals surface area contributed by atoms with Crippen LogP contribution in [-0.4, -0.2) is 54.6 Å². The number of piperidine rings is 2. The predicted molar refractivity (Wildman–Crippen MR) is 98.1 cm³/mol. The number of hydrogen-bond donors (Lipinski definition) is 0. The van der Waals surface area contributed by atoms with E-state index in [4.69, 9.17) is 4.74 Å². The summed E-state index contributed by atoms with van der Waals surface area (Å²) in [4.78, 5) is 17.6. The molecule has 3 aliphatic rings. The predicted octanol–water partition coefficient (Wildman–Crippen LogP) is 2.93. The van der Waals surface area contributed by atoms with Gasteiger partial charge in [-0.25, -0.2) is 0 Å². The highest BCUT2D eigenvalue weighted by molar-refractivity contribution is 5.83. The van der Waals surface area contributed by atoms with Crippen LogP contribution in [0.25, 0.3) is 0 Å². The topological polar surface area (TPSA) is 32.8 Å². The second-order valence-corrected chi connectivity index (χ2v) is 7.99. The number of carbonyl (C=O) groups is 1. The maximum Gasteiger partial charge on any atom is 0.240 e. The Morgan fingerprint density at radius 1 is 1.08 bits per heavy atom. The summed E-state index contributed by atoms with van der Waals surface area (Å²) >= 11 is 0. The Bertz CT molecular complexity index is 571. The van der Waals surface area contributed by atoms with Crippen LogP contribution in [-0.2, 0) is 16.1 Å². The molecule has 3 saturated heterocycles. The molecule has 2 bridgehead atoms. The first kappa shape index (κ1) is 17.0. The highest BCUT2D eigenvalue weighted by atomic mass is 16.5. The van der Waals surface area contributed by atoms with Crippen LogP contribution in [0, 0.1) is 11.8 Å². The molecule has 3 aliphatic heterocycles. The van der Waals surface area contributed by atoms with Crippen molar-refractivity contribution in [3.63, 3.8) is 0 Å². The highest BCUT2D eigenvalue weighted by Crippen LogP contribution is 2.31. The second kappa shape index (κ2) is 7.88. The lowest BCUT2D eigenvalue weighted by Crippen LogP contribution is -2.58. The molecule has 1 amide bonds. The number of amides is 1. The Hall–Kier alpha value is -1.39. The van der Waals surface area contributed by atoms with Crippen LogP contribution in [0.4, 0.5) is 0 Å². The quantitative estimate of drug-likeness (QED) is 0.825. The number of hydrogen-bond acceptors (Lipinski definition) is 3. The summed E-state index contributed by atoms with van der Waals surface area (Å²) in [5.41, 5.74) is 1.24. The van der Waals surface area contributed by atoms with Crippen LogP contribution in [0.1, 0.15) is 37.7 Å². The van der Waals surface area contributed by atoms with E-state index in [1.807, 2.05) is 6.07 Å². The smallest absolute Gasteiger partial charge is 0.240 e. The Morgan fingerprint density at radius 2 is 1.88 bits per heavy atom. The first-order valence-electron chi connectivity index (χ1n) is 9.94. The van der Waals surface area contributed by atoms with E-state index in [1.54, 1.807) is 0 Å². The molecular weight excluding hydrogens is 312 g/mol. The third kappa shape index (κ3) is 4.06. The fourth-order valence-electron chi connectivity index (χ4n) is 4.72. The van der Waals surface area contributed by atoms with Crippen molar-refractivity contribution in [3.8, 4) is 0 Å². The van der Waals surface area contributed by atoms with Crippen LogP contribution >= 0.6 is 0 Å². The van der Waals surface area contributed by atoms with Gasteiger partial charge in [-0.1, -0.05) is 30.3 Å². The minimum Gasteiger partial charge on any atom is -0.381 e. The Kier molecular flexibility index (Phi) is 5.37. The lowest BCUT2D eigenvalue weighted by molar-refractivity contribution is -0.146. The van der Waals surface area contributed by atoms with Gasteiger partial charge in [-0.3, -0.25) is 9.69 Å². The number of likely N-dealkylation sites (tertiary alicyclic amines) is 2. The Morgan fingerprint density at radius 3 is 2.68 bits per heavy atom. The number of benzene rings is 1. The molecule has 3 heterocycles. The van der Waals surface area contributed by atoms with Gasteiger partial charge in [0.1, 0.15) is 0 Å². The van der Waals surface area contributed by atoms with E-state index in [9.17, 15) is 4.79 Å². The zero-order chi connectivity index (χ0) is 17.1. The molecule has 0 radical (unpaired) electrons. The van der Waals surface area contributed by atoms with Gasteiger partial charge in [0.25, 0.3) is 0 Å². The van der Waals surface area contributed by atoms with Crippen LogP contribution < -0.4 is 0 Å². The number of nitrogens with zero attached hydrogens (tertiary/aromatic N) is 2. The van der Waals surface area contributed by atoms with Gasteiger partial charge in [0, 0.05) is 26.3 Å². The summed E-state index contributed by atoms with van der Waals surface area (Å²) in [6.07, 6.45) is 5.90. The molecule has 0 N–H and O–H groups in total. The summed E-state index contributed by atoms with van der Waals surface area (Å²) in [6, 6.07) is 10.5. The molecule has 0 saturated carbocycles. The lowest BCUT2D eigenvalue weighted by atomic mass is 9.85. The maximum atomic E-state index is 13.1. The van der Waals surface area contributed by atoms with E-state index in [0.29, 0.717) is 11.8 Å². The molecule has 2 atom stereocenters. The number of carbonyl (C=O) groups excluding carboxylic acids is 1. The van der Waals surface area contributed by atoms with Crippen LogP contribution in [0.15, 0.2) is 30.3 Å². The zero-order valence-corrected chi connectivity index (χ0v) is 15.1. The van der Waals surface area contributed by atoms with Crippen molar-refractivity contribution < 1.29 is 9.53 Å². The number of ether oxygens (including phenoxy) is 1. The molecule has 1 aromatic carbocycles. The minimum atomic E-state index is 0.121.